The van der Waals surface area contributed by atoms with E-state index in [9.17, 15) is 8.78 Å². The standard InChI is InChI=1S/C19H21F2N5O/c1-10-8-23-26-5-4-15(25-18(10)26)24-11(2)12-6-14(20)16(21)13-7-19(3,9-22)27-17(12)13/h4-6,8,11H,7,9,22H2,1-3H3,(H,24,25)/t11-,19?/m1/s1. The SMILES string of the molecule is Cc1cnn2ccc(N[C@H](C)c3cc(F)c(F)c4c3OC(C)(CN)C4)nc12. The number of aryl methyl sites for hydroxylation is 1. The van der Waals surface area contributed by atoms with Crippen molar-refractivity contribution in [1.29, 1.82) is 0 Å². The minimum Gasteiger partial charge on any atom is -0.485 e. The molecule has 1 unspecified atom stereocenters. The summed E-state index contributed by atoms with van der Waals surface area (Å²) in [5.74, 6) is -0.787. The fraction of sp³-hybridized carbons (Fsp3) is 0.368. The minimum atomic E-state index is -0.891. The van der Waals surface area contributed by atoms with Crippen LogP contribution < -0.4 is 15.8 Å². The largest absolute Gasteiger partial charge is 0.485 e. The average Bonchev–Trinajstić information content (AvgIpc) is 3.19. The number of ether oxygens (including phenoxy) is 1. The topological polar surface area (TPSA) is 77.5 Å². The molecule has 8 heteroatoms. The van der Waals surface area contributed by atoms with Crippen molar-refractivity contribution in [3.63, 3.8) is 0 Å². The summed E-state index contributed by atoms with van der Waals surface area (Å²) in [5.41, 5.74) is 7.48. The van der Waals surface area contributed by atoms with E-state index in [1.807, 2.05) is 13.8 Å². The molecule has 1 aliphatic rings. The lowest BCUT2D eigenvalue weighted by Gasteiger charge is -2.23. The number of fused-ring (bicyclic) bond motifs is 2. The van der Waals surface area contributed by atoms with Crippen LogP contribution in [-0.2, 0) is 6.42 Å². The Morgan fingerprint density at radius 1 is 1.44 bits per heavy atom. The molecule has 3 N–H and O–H groups in total. The molecule has 27 heavy (non-hydrogen) atoms. The maximum absolute atomic E-state index is 14.3. The molecule has 0 spiro atoms. The maximum Gasteiger partial charge on any atom is 0.165 e. The van der Waals surface area contributed by atoms with Crippen molar-refractivity contribution in [3.8, 4) is 5.75 Å². The second-order valence-corrected chi connectivity index (χ2v) is 7.28. The van der Waals surface area contributed by atoms with Crippen molar-refractivity contribution < 1.29 is 13.5 Å². The molecule has 0 aliphatic carbocycles. The van der Waals surface area contributed by atoms with Crippen molar-refractivity contribution in [3.05, 3.63) is 52.9 Å². The molecular formula is C19H21F2N5O. The van der Waals surface area contributed by atoms with E-state index in [-0.39, 0.29) is 24.6 Å². The summed E-state index contributed by atoms with van der Waals surface area (Å²) in [7, 11) is 0. The monoisotopic (exact) mass is 373 g/mol. The van der Waals surface area contributed by atoms with Gasteiger partial charge in [0.1, 0.15) is 17.2 Å². The smallest absolute Gasteiger partial charge is 0.165 e. The molecule has 2 aromatic heterocycles. The Bertz CT molecular complexity index is 1030. The second kappa shape index (κ2) is 6.16. The van der Waals surface area contributed by atoms with Gasteiger partial charge in [0.25, 0.3) is 0 Å². The van der Waals surface area contributed by atoms with Gasteiger partial charge in [-0.05, 0) is 32.9 Å². The van der Waals surface area contributed by atoms with Crippen molar-refractivity contribution in [2.45, 2.75) is 38.8 Å². The zero-order chi connectivity index (χ0) is 19.3. The van der Waals surface area contributed by atoms with E-state index in [0.717, 1.165) is 11.2 Å². The van der Waals surface area contributed by atoms with E-state index in [1.54, 1.807) is 29.9 Å². The van der Waals surface area contributed by atoms with Gasteiger partial charge in [0.2, 0.25) is 0 Å². The van der Waals surface area contributed by atoms with Gasteiger partial charge in [-0.3, -0.25) is 0 Å². The number of rotatable bonds is 4. The van der Waals surface area contributed by atoms with Crippen molar-refractivity contribution in [2.75, 3.05) is 11.9 Å². The molecule has 0 amide bonds. The van der Waals surface area contributed by atoms with E-state index in [0.29, 0.717) is 17.1 Å². The number of anilines is 1. The molecule has 4 rings (SSSR count). The third kappa shape index (κ3) is 2.90. The molecule has 6 nitrogen and oxygen atoms in total. The molecule has 3 heterocycles. The number of hydrogen-bond donors (Lipinski definition) is 2. The normalized spacial score (nSPS) is 19.8. The van der Waals surface area contributed by atoms with Gasteiger partial charge in [-0.1, -0.05) is 0 Å². The summed E-state index contributed by atoms with van der Waals surface area (Å²) in [6.07, 6.45) is 3.77. The molecule has 1 aromatic carbocycles. The van der Waals surface area contributed by atoms with E-state index < -0.39 is 17.2 Å². The van der Waals surface area contributed by atoms with Gasteiger partial charge in [0.15, 0.2) is 17.3 Å². The minimum absolute atomic E-state index is 0.211. The van der Waals surface area contributed by atoms with Crippen LogP contribution in [0.4, 0.5) is 14.6 Å². The van der Waals surface area contributed by atoms with Crippen molar-refractivity contribution >= 4 is 11.5 Å². The Labute approximate surface area is 155 Å². The molecular weight excluding hydrogens is 352 g/mol. The molecule has 0 saturated heterocycles. The Hall–Kier alpha value is -2.74. The highest BCUT2D eigenvalue weighted by atomic mass is 19.2. The predicted molar refractivity (Wildman–Crippen MR) is 97.9 cm³/mol. The Balaban J connectivity index is 1.70. The van der Waals surface area contributed by atoms with Gasteiger partial charge in [-0.15, -0.1) is 0 Å². The van der Waals surface area contributed by atoms with Gasteiger partial charge < -0.3 is 15.8 Å². The van der Waals surface area contributed by atoms with Gasteiger partial charge in [-0.25, -0.2) is 18.3 Å². The highest BCUT2D eigenvalue weighted by Crippen LogP contribution is 2.42. The van der Waals surface area contributed by atoms with Crippen LogP contribution >= 0.6 is 0 Å². The lowest BCUT2D eigenvalue weighted by molar-refractivity contribution is 0.124. The van der Waals surface area contributed by atoms with E-state index in [1.165, 1.54) is 6.07 Å². The molecule has 2 atom stereocenters. The molecule has 0 bridgehead atoms. The lowest BCUT2D eigenvalue weighted by atomic mass is 9.96. The maximum atomic E-state index is 14.3. The summed E-state index contributed by atoms with van der Waals surface area (Å²) in [5, 5.41) is 7.43. The number of aromatic nitrogens is 3. The summed E-state index contributed by atoms with van der Waals surface area (Å²) in [4.78, 5) is 4.54. The molecule has 3 aromatic rings. The molecule has 0 fully saturated rings. The highest BCUT2D eigenvalue weighted by molar-refractivity contribution is 5.54. The Morgan fingerprint density at radius 3 is 2.96 bits per heavy atom. The summed E-state index contributed by atoms with van der Waals surface area (Å²) < 4.78 is 36.1. The molecule has 1 aliphatic heterocycles. The number of benzene rings is 1. The van der Waals surface area contributed by atoms with Gasteiger partial charge in [0.05, 0.1) is 12.2 Å². The Kier molecular flexibility index (Phi) is 4.03. The first-order valence-corrected chi connectivity index (χ1v) is 8.79. The number of nitrogens with two attached hydrogens (primary N) is 1. The van der Waals surface area contributed by atoms with Crippen molar-refractivity contribution in [1.82, 2.24) is 14.6 Å². The van der Waals surface area contributed by atoms with E-state index >= 15 is 0 Å². The molecule has 0 radical (unpaired) electrons. The summed E-state index contributed by atoms with van der Waals surface area (Å²) >= 11 is 0. The summed E-state index contributed by atoms with van der Waals surface area (Å²) in [6.45, 7) is 5.78. The fourth-order valence-corrected chi connectivity index (χ4v) is 3.42. The van der Waals surface area contributed by atoms with E-state index in [2.05, 4.69) is 15.4 Å². The average molecular weight is 373 g/mol. The van der Waals surface area contributed by atoms with Gasteiger partial charge >= 0.3 is 0 Å². The molecule has 0 saturated carbocycles. The second-order valence-electron chi connectivity index (χ2n) is 7.28. The number of halogens is 2. The van der Waals surface area contributed by atoms with Crippen LogP contribution in [0, 0.1) is 18.6 Å². The number of hydrogen-bond acceptors (Lipinski definition) is 5. The van der Waals surface area contributed by atoms with Crippen LogP contribution in [0.1, 0.15) is 36.6 Å². The van der Waals surface area contributed by atoms with Crippen molar-refractivity contribution in [2.24, 2.45) is 5.73 Å². The lowest BCUT2D eigenvalue weighted by Crippen LogP contribution is -2.39. The predicted octanol–water partition coefficient (Wildman–Crippen LogP) is 3.14. The van der Waals surface area contributed by atoms with Crippen LogP contribution in [0.25, 0.3) is 5.65 Å². The number of nitrogens with one attached hydrogen (secondary N) is 1. The first-order valence-electron chi connectivity index (χ1n) is 8.79. The van der Waals surface area contributed by atoms with Gasteiger partial charge in [0, 0.05) is 35.9 Å². The van der Waals surface area contributed by atoms with Crippen LogP contribution in [-0.4, -0.2) is 26.7 Å². The molecule has 142 valence electrons. The fourth-order valence-electron chi connectivity index (χ4n) is 3.42. The zero-order valence-corrected chi connectivity index (χ0v) is 15.4. The van der Waals surface area contributed by atoms with E-state index in [4.69, 9.17) is 10.5 Å². The third-order valence-corrected chi connectivity index (χ3v) is 5.00. The highest BCUT2D eigenvalue weighted by Gasteiger charge is 2.39. The van der Waals surface area contributed by atoms with Crippen LogP contribution in [0.2, 0.25) is 0 Å². The zero-order valence-electron chi connectivity index (χ0n) is 15.4. The Morgan fingerprint density at radius 2 is 2.22 bits per heavy atom. The third-order valence-electron chi connectivity index (χ3n) is 5.00. The number of nitrogens with zero attached hydrogens (tertiary/aromatic N) is 3. The van der Waals surface area contributed by atoms with Crippen LogP contribution in [0.15, 0.2) is 24.5 Å². The van der Waals surface area contributed by atoms with Crippen LogP contribution in [0.3, 0.4) is 0 Å². The first kappa shape index (κ1) is 17.7. The quantitative estimate of drug-likeness (QED) is 0.735. The van der Waals surface area contributed by atoms with Gasteiger partial charge in [-0.2, -0.15) is 5.10 Å². The van der Waals surface area contributed by atoms with Crippen LogP contribution in [0.5, 0.6) is 5.75 Å². The summed E-state index contributed by atoms with van der Waals surface area (Å²) in [6, 6.07) is 2.60. The first-order chi connectivity index (χ1) is 12.8.